The molecule has 0 saturated heterocycles. The maximum atomic E-state index is 8.86. The molecule has 86 valence electrons. The number of anilines is 1. The Morgan fingerprint density at radius 1 is 1.06 bits per heavy atom. The fourth-order valence-corrected chi connectivity index (χ4v) is 1.04. The lowest BCUT2D eigenvalue weighted by Crippen LogP contribution is -2.13. The van der Waals surface area contributed by atoms with Gasteiger partial charge in [0.25, 0.3) is 0 Å². The SMILES string of the molecule is N#CC(C#N)=C(N)/C(C#N)=N\Nc1ccccc1. The van der Waals surface area contributed by atoms with E-state index in [4.69, 9.17) is 21.5 Å². The highest BCUT2D eigenvalue weighted by Crippen LogP contribution is 2.06. The van der Waals surface area contributed by atoms with Gasteiger partial charge in [-0.05, 0) is 12.1 Å². The number of nitrogens with one attached hydrogen (secondary N) is 1. The molecule has 1 aromatic carbocycles. The van der Waals surface area contributed by atoms with Gasteiger partial charge in [-0.3, -0.25) is 5.43 Å². The fourth-order valence-electron chi connectivity index (χ4n) is 1.04. The summed E-state index contributed by atoms with van der Waals surface area (Å²) >= 11 is 0. The first-order valence-corrected chi connectivity index (χ1v) is 4.82. The Morgan fingerprint density at radius 3 is 2.17 bits per heavy atom. The van der Waals surface area contributed by atoms with Crippen molar-refractivity contribution in [1.82, 2.24) is 0 Å². The van der Waals surface area contributed by atoms with Gasteiger partial charge in [0.15, 0.2) is 11.3 Å². The van der Waals surface area contributed by atoms with Crippen LogP contribution in [0.2, 0.25) is 0 Å². The minimum Gasteiger partial charge on any atom is -0.395 e. The molecule has 0 aliphatic carbocycles. The average molecular weight is 236 g/mol. The second kappa shape index (κ2) is 6.32. The van der Waals surface area contributed by atoms with Crippen LogP contribution < -0.4 is 11.2 Å². The first kappa shape index (κ1) is 12.8. The molecule has 0 aromatic heterocycles. The summed E-state index contributed by atoms with van der Waals surface area (Å²) in [6, 6.07) is 13.8. The molecule has 0 heterocycles. The maximum absolute atomic E-state index is 8.86. The molecule has 1 aromatic rings. The first-order valence-electron chi connectivity index (χ1n) is 4.82. The van der Waals surface area contributed by atoms with E-state index in [0.29, 0.717) is 5.69 Å². The number of nitrogens with two attached hydrogens (primary N) is 1. The standard InChI is InChI=1S/C12H8N6/c13-6-9(7-14)12(16)11(8-15)18-17-10-4-2-1-3-5-10/h1-5,17H,16H2/b18-11-. The summed E-state index contributed by atoms with van der Waals surface area (Å²) in [5.74, 6) is 0. The predicted octanol–water partition coefficient (Wildman–Crippen LogP) is 1.24. The third-order valence-electron chi connectivity index (χ3n) is 1.92. The smallest absolute Gasteiger partial charge is 0.185 e. The Morgan fingerprint density at radius 2 is 1.67 bits per heavy atom. The van der Waals surface area contributed by atoms with Crippen LogP contribution in [0.3, 0.4) is 0 Å². The number of allylic oxidation sites excluding steroid dienone is 2. The topological polar surface area (TPSA) is 122 Å². The van der Waals surface area contributed by atoms with Crippen LogP contribution in [0, 0.1) is 34.0 Å². The minimum absolute atomic E-state index is 0.211. The number of nitrogens with zero attached hydrogens (tertiary/aromatic N) is 4. The van der Waals surface area contributed by atoms with Crippen molar-refractivity contribution in [2.24, 2.45) is 10.8 Å². The Hall–Kier alpha value is -3.30. The Balaban J connectivity index is 3.01. The van der Waals surface area contributed by atoms with E-state index < -0.39 is 0 Å². The van der Waals surface area contributed by atoms with Crippen molar-refractivity contribution in [2.45, 2.75) is 0 Å². The molecule has 0 unspecified atom stereocenters. The molecule has 3 N–H and O–H groups in total. The monoisotopic (exact) mass is 236 g/mol. The number of rotatable bonds is 3. The molecule has 0 radical (unpaired) electrons. The molecule has 0 bridgehead atoms. The van der Waals surface area contributed by atoms with Gasteiger partial charge in [-0.1, -0.05) is 18.2 Å². The molecule has 0 aliphatic heterocycles. The van der Waals surface area contributed by atoms with E-state index in [1.807, 2.05) is 6.07 Å². The van der Waals surface area contributed by atoms with Crippen molar-refractivity contribution >= 4 is 11.4 Å². The van der Waals surface area contributed by atoms with Crippen LogP contribution in [0.5, 0.6) is 0 Å². The Labute approximate surface area is 104 Å². The molecule has 18 heavy (non-hydrogen) atoms. The predicted molar refractivity (Wildman–Crippen MR) is 65.6 cm³/mol. The highest BCUT2D eigenvalue weighted by atomic mass is 15.3. The molecule has 0 fully saturated rings. The normalized spacial score (nSPS) is 9.50. The zero-order chi connectivity index (χ0) is 13.4. The molecule has 6 heteroatoms. The first-order chi connectivity index (χ1) is 8.72. The van der Waals surface area contributed by atoms with Crippen molar-refractivity contribution in [2.75, 3.05) is 5.43 Å². The summed E-state index contributed by atoms with van der Waals surface area (Å²) in [5, 5.41) is 29.9. The number of nitriles is 3. The molecule has 0 aliphatic rings. The fraction of sp³-hybridized carbons (Fsp3) is 0. The van der Waals surface area contributed by atoms with Gasteiger partial charge in [0.1, 0.15) is 18.2 Å². The van der Waals surface area contributed by atoms with Crippen LogP contribution >= 0.6 is 0 Å². The third kappa shape index (κ3) is 3.10. The van der Waals surface area contributed by atoms with Crippen molar-refractivity contribution in [1.29, 1.82) is 15.8 Å². The Kier molecular flexibility index (Phi) is 4.48. The lowest BCUT2D eigenvalue weighted by Gasteiger charge is -2.01. The van der Waals surface area contributed by atoms with E-state index in [9.17, 15) is 0 Å². The van der Waals surface area contributed by atoms with Gasteiger partial charge in [0, 0.05) is 0 Å². The van der Waals surface area contributed by atoms with Gasteiger partial charge in [0.05, 0.1) is 11.4 Å². The van der Waals surface area contributed by atoms with Gasteiger partial charge in [-0.25, -0.2) is 0 Å². The quantitative estimate of drug-likeness (QED) is 0.464. The van der Waals surface area contributed by atoms with E-state index >= 15 is 0 Å². The van der Waals surface area contributed by atoms with Gasteiger partial charge < -0.3 is 5.73 Å². The second-order valence-electron chi connectivity index (χ2n) is 3.06. The van der Waals surface area contributed by atoms with Crippen LogP contribution in [0.25, 0.3) is 0 Å². The number of hydrogen-bond acceptors (Lipinski definition) is 6. The van der Waals surface area contributed by atoms with E-state index in [-0.39, 0.29) is 17.0 Å². The lowest BCUT2D eigenvalue weighted by atomic mass is 10.2. The zero-order valence-electron chi connectivity index (χ0n) is 9.25. The molecule has 0 atom stereocenters. The lowest BCUT2D eigenvalue weighted by molar-refractivity contribution is 1.30. The van der Waals surface area contributed by atoms with Gasteiger partial charge >= 0.3 is 0 Å². The largest absolute Gasteiger partial charge is 0.395 e. The van der Waals surface area contributed by atoms with Crippen LogP contribution in [-0.2, 0) is 0 Å². The number of hydrogen-bond donors (Lipinski definition) is 2. The molecule has 0 amide bonds. The highest BCUT2D eigenvalue weighted by molar-refractivity contribution is 6.12. The zero-order valence-corrected chi connectivity index (χ0v) is 9.25. The van der Waals surface area contributed by atoms with Crippen molar-refractivity contribution in [3.63, 3.8) is 0 Å². The van der Waals surface area contributed by atoms with E-state index in [2.05, 4.69) is 10.5 Å². The van der Waals surface area contributed by atoms with Crippen LogP contribution in [0.15, 0.2) is 46.7 Å². The number of benzene rings is 1. The van der Waals surface area contributed by atoms with Crippen LogP contribution in [0.4, 0.5) is 5.69 Å². The van der Waals surface area contributed by atoms with Crippen LogP contribution in [-0.4, -0.2) is 5.71 Å². The van der Waals surface area contributed by atoms with Crippen molar-refractivity contribution in [3.8, 4) is 18.2 Å². The van der Waals surface area contributed by atoms with Crippen LogP contribution in [0.1, 0.15) is 0 Å². The minimum atomic E-state index is -0.342. The summed E-state index contributed by atoms with van der Waals surface area (Å²) < 4.78 is 0. The highest BCUT2D eigenvalue weighted by Gasteiger charge is 2.09. The molecule has 1 rings (SSSR count). The second-order valence-corrected chi connectivity index (χ2v) is 3.06. The van der Waals surface area contributed by atoms with E-state index in [0.717, 1.165) is 0 Å². The number of para-hydroxylation sites is 1. The van der Waals surface area contributed by atoms with E-state index in [1.54, 1.807) is 42.5 Å². The maximum Gasteiger partial charge on any atom is 0.185 e. The molecule has 0 spiro atoms. The Bertz CT molecular complexity index is 591. The molecular weight excluding hydrogens is 228 g/mol. The summed E-state index contributed by atoms with van der Waals surface area (Å²) in [7, 11) is 0. The summed E-state index contributed by atoms with van der Waals surface area (Å²) in [4.78, 5) is 0. The van der Waals surface area contributed by atoms with Gasteiger partial charge in [-0.2, -0.15) is 20.9 Å². The average Bonchev–Trinajstić information content (AvgIpc) is 2.42. The molecule has 0 saturated carbocycles. The van der Waals surface area contributed by atoms with Crippen molar-refractivity contribution < 1.29 is 0 Å². The third-order valence-corrected chi connectivity index (χ3v) is 1.92. The van der Waals surface area contributed by atoms with Gasteiger partial charge in [0.2, 0.25) is 0 Å². The summed E-state index contributed by atoms with van der Waals surface area (Å²) in [5.41, 5.74) is 7.97. The van der Waals surface area contributed by atoms with Crippen molar-refractivity contribution in [3.05, 3.63) is 41.6 Å². The summed E-state index contributed by atoms with van der Waals surface area (Å²) in [6.07, 6.45) is 0. The molecule has 6 nitrogen and oxygen atoms in total. The number of hydrazone groups is 1. The van der Waals surface area contributed by atoms with Gasteiger partial charge in [-0.15, -0.1) is 0 Å². The molecular formula is C12H8N6. The summed E-state index contributed by atoms with van der Waals surface area (Å²) in [6.45, 7) is 0. The van der Waals surface area contributed by atoms with E-state index in [1.165, 1.54) is 0 Å².